The third kappa shape index (κ3) is 3.91. The fraction of sp³-hybridized carbons (Fsp3) is 0.125. The van der Waals surface area contributed by atoms with Crippen LogP contribution in [0, 0.1) is 0 Å². The van der Waals surface area contributed by atoms with Crippen molar-refractivity contribution in [1.29, 1.82) is 0 Å². The summed E-state index contributed by atoms with van der Waals surface area (Å²) in [6.45, 7) is 0.410. The van der Waals surface area contributed by atoms with Crippen molar-refractivity contribution in [1.82, 2.24) is 9.80 Å². The SMILES string of the molecule is O=C(c1ccccc1)N(Cc1ccco1)C1(c2ccccc2)C(=O)N(Cc2ccco2)C1c1ccccc1. The largest absolute Gasteiger partial charge is 0.467 e. The number of amides is 2. The maximum Gasteiger partial charge on any atom is 0.256 e. The lowest BCUT2D eigenvalue weighted by Gasteiger charge is -2.60. The summed E-state index contributed by atoms with van der Waals surface area (Å²) < 4.78 is 11.3. The fourth-order valence-corrected chi connectivity index (χ4v) is 5.45. The lowest BCUT2D eigenvalue weighted by Crippen LogP contribution is -2.73. The minimum atomic E-state index is -1.31. The molecule has 0 N–H and O–H groups in total. The second-order valence-corrected chi connectivity index (χ2v) is 9.29. The molecule has 0 aliphatic carbocycles. The van der Waals surface area contributed by atoms with Gasteiger partial charge in [0, 0.05) is 5.56 Å². The molecule has 0 saturated carbocycles. The zero-order valence-corrected chi connectivity index (χ0v) is 20.6. The van der Waals surface area contributed by atoms with Gasteiger partial charge in [-0.25, -0.2) is 0 Å². The van der Waals surface area contributed by atoms with E-state index in [1.807, 2.05) is 97.1 Å². The van der Waals surface area contributed by atoms with Crippen LogP contribution in [0.15, 0.2) is 137 Å². The van der Waals surface area contributed by atoms with Gasteiger partial charge in [-0.3, -0.25) is 9.59 Å². The summed E-state index contributed by atoms with van der Waals surface area (Å²) in [7, 11) is 0. The van der Waals surface area contributed by atoms with Crippen molar-refractivity contribution < 1.29 is 18.4 Å². The van der Waals surface area contributed by atoms with Crippen LogP contribution in [-0.4, -0.2) is 21.6 Å². The van der Waals surface area contributed by atoms with Crippen LogP contribution in [0.4, 0.5) is 0 Å². The Morgan fingerprint density at radius 3 is 1.92 bits per heavy atom. The maximum absolute atomic E-state index is 14.6. The molecule has 6 heteroatoms. The number of rotatable bonds is 8. The quantitative estimate of drug-likeness (QED) is 0.237. The summed E-state index contributed by atoms with van der Waals surface area (Å²) in [5.41, 5.74) is 0.853. The smallest absolute Gasteiger partial charge is 0.256 e. The van der Waals surface area contributed by atoms with Gasteiger partial charge in [0.05, 0.1) is 31.7 Å². The van der Waals surface area contributed by atoms with Crippen LogP contribution in [0.1, 0.15) is 39.0 Å². The second kappa shape index (κ2) is 9.90. The number of carbonyl (C=O) groups excluding carboxylic acids is 2. The van der Waals surface area contributed by atoms with Gasteiger partial charge in [0.1, 0.15) is 11.5 Å². The van der Waals surface area contributed by atoms with Crippen molar-refractivity contribution in [2.75, 3.05) is 0 Å². The third-order valence-electron chi connectivity index (χ3n) is 7.12. The van der Waals surface area contributed by atoms with Gasteiger partial charge in [0.2, 0.25) is 0 Å². The molecular weight excluding hydrogens is 476 g/mol. The molecule has 188 valence electrons. The molecule has 1 aliphatic rings. The summed E-state index contributed by atoms with van der Waals surface area (Å²) >= 11 is 0. The number of benzene rings is 3. The van der Waals surface area contributed by atoms with Crippen molar-refractivity contribution in [3.8, 4) is 0 Å². The Kier molecular flexibility index (Phi) is 6.14. The average Bonchev–Trinajstić information content (AvgIpc) is 3.69. The fourth-order valence-electron chi connectivity index (χ4n) is 5.45. The highest BCUT2D eigenvalue weighted by molar-refractivity contribution is 6.03. The Labute approximate surface area is 220 Å². The molecule has 1 fully saturated rings. The Hall–Kier alpha value is -4.84. The zero-order valence-electron chi connectivity index (χ0n) is 20.6. The van der Waals surface area contributed by atoms with E-state index >= 15 is 0 Å². The summed E-state index contributed by atoms with van der Waals surface area (Å²) in [5, 5.41) is 0. The lowest BCUT2D eigenvalue weighted by atomic mass is 9.68. The highest BCUT2D eigenvalue weighted by Crippen LogP contribution is 2.55. The molecule has 2 aromatic heterocycles. The molecule has 3 heterocycles. The Morgan fingerprint density at radius 1 is 0.737 bits per heavy atom. The Morgan fingerprint density at radius 2 is 1.32 bits per heavy atom. The minimum Gasteiger partial charge on any atom is -0.467 e. The van der Waals surface area contributed by atoms with Crippen molar-refractivity contribution in [2.24, 2.45) is 0 Å². The van der Waals surface area contributed by atoms with Crippen LogP contribution in [0.25, 0.3) is 0 Å². The first-order chi connectivity index (χ1) is 18.7. The van der Waals surface area contributed by atoms with E-state index in [0.29, 0.717) is 17.1 Å². The number of hydrogen-bond donors (Lipinski definition) is 0. The van der Waals surface area contributed by atoms with E-state index in [0.717, 1.165) is 11.1 Å². The standard InChI is InChI=1S/C32H26N2O4/c35-30(25-14-6-2-7-15-25)34(23-28-19-11-21-38-28)32(26-16-8-3-9-17-26)29(24-12-4-1-5-13-24)33(31(32)36)22-27-18-10-20-37-27/h1-21,29H,22-23H2. The molecule has 2 atom stereocenters. The summed E-state index contributed by atoms with van der Waals surface area (Å²) in [6.07, 6.45) is 3.18. The monoisotopic (exact) mass is 502 g/mol. The molecule has 1 saturated heterocycles. The Bertz CT molecular complexity index is 1500. The predicted octanol–water partition coefficient (Wildman–Crippen LogP) is 6.19. The molecule has 38 heavy (non-hydrogen) atoms. The molecule has 0 radical (unpaired) electrons. The third-order valence-corrected chi connectivity index (χ3v) is 7.12. The van der Waals surface area contributed by atoms with Crippen molar-refractivity contribution in [3.63, 3.8) is 0 Å². The van der Waals surface area contributed by atoms with Gasteiger partial charge in [-0.2, -0.15) is 0 Å². The normalized spacial score (nSPS) is 18.7. The van der Waals surface area contributed by atoms with E-state index in [1.165, 1.54) is 0 Å². The van der Waals surface area contributed by atoms with Crippen LogP contribution < -0.4 is 0 Å². The zero-order chi connectivity index (χ0) is 26.0. The lowest BCUT2D eigenvalue weighted by molar-refractivity contribution is -0.180. The number of hydrogen-bond acceptors (Lipinski definition) is 4. The molecule has 3 aromatic carbocycles. The van der Waals surface area contributed by atoms with E-state index in [4.69, 9.17) is 8.83 Å². The molecular formula is C32H26N2O4. The molecule has 0 bridgehead atoms. The highest BCUT2D eigenvalue weighted by atomic mass is 16.3. The van der Waals surface area contributed by atoms with Crippen molar-refractivity contribution in [3.05, 3.63) is 156 Å². The highest BCUT2D eigenvalue weighted by Gasteiger charge is 2.66. The molecule has 0 spiro atoms. The summed E-state index contributed by atoms with van der Waals surface area (Å²) in [5.74, 6) is 0.837. The van der Waals surface area contributed by atoms with Gasteiger partial charge in [-0.15, -0.1) is 0 Å². The number of likely N-dealkylation sites (tertiary alicyclic amines) is 1. The second-order valence-electron chi connectivity index (χ2n) is 9.29. The first-order valence-corrected chi connectivity index (χ1v) is 12.5. The molecule has 5 aromatic rings. The number of β-lactam (4-membered cyclic amide) rings is 1. The van der Waals surface area contributed by atoms with Gasteiger partial charge in [0.25, 0.3) is 11.8 Å². The van der Waals surface area contributed by atoms with E-state index in [-0.39, 0.29) is 24.9 Å². The van der Waals surface area contributed by atoms with Crippen LogP contribution in [-0.2, 0) is 23.4 Å². The first-order valence-electron chi connectivity index (χ1n) is 12.5. The summed E-state index contributed by atoms with van der Waals surface area (Å²) in [6, 6.07) is 35.3. The number of furan rings is 2. The van der Waals surface area contributed by atoms with E-state index in [2.05, 4.69) is 0 Å². The van der Waals surface area contributed by atoms with E-state index in [1.54, 1.807) is 40.5 Å². The van der Waals surface area contributed by atoms with Crippen molar-refractivity contribution >= 4 is 11.8 Å². The molecule has 6 nitrogen and oxygen atoms in total. The van der Waals surface area contributed by atoms with Gasteiger partial charge < -0.3 is 18.6 Å². The van der Waals surface area contributed by atoms with Gasteiger partial charge in [-0.05, 0) is 47.5 Å². The number of carbonyl (C=O) groups is 2. The van der Waals surface area contributed by atoms with Crippen LogP contribution in [0.5, 0.6) is 0 Å². The van der Waals surface area contributed by atoms with Crippen LogP contribution in [0.3, 0.4) is 0 Å². The van der Waals surface area contributed by atoms with Gasteiger partial charge in [0.15, 0.2) is 5.54 Å². The van der Waals surface area contributed by atoms with Gasteiger partial charge in [-0.1, -0.05) is 78.9 Å². The molecule has 2 unspecified atom stereocenters. The molecule has 6 rings (SSSR count). The van der Waals surface area contributed by atoms with E-state index < -0.39 is 11.6 Å². The van der Waals surface area contributed by atoms with E-state index in [9.17, 15) is 9.59 Å². The Balaban J connectivity index is 1.57. The van der Waals surface area contributed by atoms with Crippen LogP contribution >= 0.6 is 0 Å². The predicted molar refractivity (Wildman–Crippen MR) is 142 cm³/mol. The topological polar surface area (TPSA) is 66.9 Å². The molecule has 1 aliphatic heterocycles. The maximum atomic E-state index is 14.6. The first kappa shape index (κ1) is 23.6. The minimum absolute atomic E-state index is 0.124. The van der Waals surface area contributed by atoms with Crippen LogP contribution in [0.2, 0.25) is 0 Å². The van der Waals surface area contributed by atoms with Gasteiger partial charge >= 0.3 is 0 Å². The average molecular weight is 503 g/mol. The number of nitrogens with zero attached hydrogens (tertiary/aromatic N) is 2. The summed E-state index contributed by atoms with van der Waals surface area (Å²) in [4.78, 5) is 32.3. The van der Waals surface area contributed by atoms with Crippen molar-refractivity contribution in [2.45, 2.75) is 24.7 Å². The molecule has 2 amide bonds.